The number of rotatable bonds is 7. The predicted molar refractivity (Wildman–Crippen MR) is 112 cm³/mol. The molecule has 1 aromatic heterocycles. The Balaban J connectivity index is 1.55. The molecule has 0 spiro atoms. The number of carbonyl (C=O) groups is 2. The van der Waals surface area contributed by atoms with Gasteiger partial charge in [-0.3, -0.25) is 9.59 Å². The van der Waals surface area contributed by atoms with Crippen molar-refractivity contribution in [2.45, 2.75) is 31.8 Å². The molecule has 0 bridgehead atoms. The van der Waals surface area contributed by atoms with Crippen LogP contribution in [0.3, 0.4) is 0 Å². The minimum Gasteiger partial charge on any atom is -0.489 e. The first kappa shape index (κ1) is 21.8. The molecule has 0 radical (unpaired) electrons. The summed E-state index contributed by atoms with van der Waals surface area (Å²) in [6, 6.07) is 4.32. The summed E-state index contributed by atoms with van der Waals surface area (Å²) in [4.78, 5) is 32.7. The van der Waals surface area contributed by atoms with Crippen LogP contribution in [0.5, 0.6) is 5.75 Å². The SMILES string of the molecule is Nc1nc(N2CCC(Oc3cc(F)ccc3Br)CC2)ncc1NC(=O)CCC(=O)O. The largest absolute Gasteiger partial charge is 0.489 e. The van der Waals surface area contributed by atoms with E-state index in [9.17, 15) is 14.0 Å². The number of nitrogens with zero attached hydrogens (tertiary/aromatic N) is 3. The normalized spacial score (nSPS) is 14.4. The van der Waals surface area contributed by atoms with Crippen molar-refractivity contribution < 1.29 is 23.8 Å². The molecule has 1 aliphatic rings. The van der Waals surface area contributed by atoms with Gasteiger partial charge in [0, 0.05) is 38.4 Å². The number of benzene rings is 1. The molecular weight excluding hydrogens is 461 g/mol. The number of nitrogens with one attached hydrogen (secondary N) is 1. The van der Waals surface area contributed by atoms with Gasteiger partial charge in [0.1, 0.15) is 23.4 Å². The van der Waals surface area contributed by atoms with Crippen molar-refractivity contribution in [3.05, 3.63) is 34.7 Å². The third kappa shape index (κ3) is 5.78. The van der Waals surface area contributed by atoms with Crippen LogP contribution in [0.15, 0.2) is 28.9 Å². The molecule has 4 N–H and O–H groups in total. The number of carbonyl (C=O) groups excluding carboxylic acids is 1. The minimum absolute atomic E-state index is 0.0653. The molecule has 0 atom stereocenters. The highest BCUT2D eigenvalue weighted by Crippen LogP contribution is 2.29. The fraction of sp³-hybridized carbons (Fsp3) is 0.368. The summed E-state index contributed by atoms with van der Waals surface area (Å²) in [7, 11) is 0. The molecule has 11 heteroatoms. The fourth-order valence-corrected chi connectivity index (χ4v) is 3.33. The molecule has 1 amide bonds. The summed E-state index contributed by atoms with van der Waals surface area (Å²) in [6.07, 6.45) is 2.30. The second-order valence-electron chi connectivity index (χ2n) is 6.79. The number of carboxylic acid groups (broad SMARTS) is 1. The van der Waals surface area contributed by atoms with Crippen molar-refractivity contribution >= 4 is 45.3 Å². The maximum absolute atomic E-state index is 13.4. The molecule has 1 saturated heterocycles. The first-order chi connectivity index (χ1) is 14.3. The van der Waals surface area contributed by atoms with Crippen molar-refractivity contribution in [3.63, 3.8) is 0 Å². The lowest BCUT2D eigenvalue weighted by molar-refractivity contribution is -0.138. The number of aliphatic carboxylic acids is 1. The van der Waals surface area contributed by atoms with Gasteiger partial charge in [0.05, 0.1) is 17.1 Å². The Hall–Kier alpha value is -2.95. The molecule has 0 aliphatic carbocycles. The second-order valence-corrected chi connectivity index (χ2v) is 7.64. The van der Waals surface area contributed by atoms with Crippen LogP contribution in [-0.4, -0.2) is 46.1 Å². The molecule has 1 aliphatic heterocycles. The average Bonchev–Trinajstić information content (AvgIpc) is 2.71. The van der Waals surface area contributed by atoms with Crippen molar-refractivity contribution in [1.29, 1.82) is 0 Å². The van der Waals surface area contributed by atoms with Crippen LogP contribution in [0.2, 0.25) is 0 Å². The highest BCUT2D eigenvalue weighted by Gasteiger charge is 2.23. The number of halogens is 2. The smallest absolute Gasteiger partial charge is 0.303 e. The number of anilines is 3. The Morgan fingerprint density at radius 2 is 2.07 bits per heavy atom. The number of nitrogen functional groups attached to an aromatic ring is 1. The fourth-order valence-electron chi connectivity index (χ4n) is 2.99. The van der Waals surface area contributed by atoms with Crippen molar-refractivity contribution in [3.8, 4) is 5.75 Å². The van der Waals surface area contributed by atoms with E-state index in [1.54, 1.807) is 6.07 Å². The van der Waals surface area contributed by atoms with Crippen molar-refractivity contribution in [1.82, 2.24) is 9.97 Å². The highest BCUT2D eigenvalue weighted by molar-refractivity contribution is 9.10. The Labute approximate surface area is 180 Å². The van der Waals surface area contributed by atoms with Gasteiger partial charge in [-0.15, -0.1) is 0 Å². The zero-order valence-electron chi connectivity index (χ0n) is 16.0. The Morgan fingerprint density at radius 3 is 2.73 bits per heavy atom. The number of carboxylic acids is 1. The zero-order valence-corrected chi connectivity index (χ0v) is 17.6. The van der Waals surface area contributed by atoms with E-state index in [-0.39, 0.29) is 36.3 Å². The van der Waals surface area contributed by atoms with Crippen LogP contribution in [0.4, 0.5) is 21.8 Å². The summed E-state index contributed by atoms with van der Waals surface area (Å²) in [5, 5.41) is 11.1. The molecule has 30 heavy (non-hydrogen) atoms. The number of hydrogen-bond donors (Lipinski definition) is 3. The van der Waals surface area contributed by atoms with Gasteiger partial charge in [0.2, 0.25) is 11.9 Å². The Kier molecular flexibility index (Phi) is 7.03. The predicted octanol–water partition coefficient (Wildman–Crippen LogP) is 2.81. The molecule has 1 aromatic carbocycles. The van der Waals surface area contributed by atoms with Gasteiger partial charge < -0.3 is 25.8 Å². The third-order valence-electron chi connectivity index (χ3n) is 4.56. The Bertz CT molecular complexity index is 937. The molecule has 3 rings (SSSR count). The van der Waals surface area contributed by atoms with Crippen LogP contribution >= 0.6 is 15.9 Å². The number of hydrogen-bond acceptors (Lipinski definition) is 7. The van der Waals surface area contributed by atoms with Gasteiger partial charge in [0.15, 0.2) is 5.82 Å². The topological polar surface area (TPSA) is 131 Å². The van der Waals surface area contributed by atoms with Gasteiger partial charge in [-0.2, -0.15) is 4.98 Å². The van der Waals surface area contributed by atoms with Gasteiger partial charge in [-0.25, -0.2) is 9.37 Å². The van der Waals surface area contributed by atoms with E-state index in [4.69, 9.17) is 15.6 Å². The van der Waals surface area contributed by atoms with E-state index < -0.39 is 11.9 Å². The maximum Gasteiger partial charge on any atom is 0.303 e. The first-order valence-electron chi connectivity index (χ1n) is 9.32. The van der Waals surface area contributed by atoms with E-state index >= 15 is 0 Å². The maximum atomic E-state index is 13.4. The van der Waals surface area contributed by atoms with E-state index in [0.717, 1.165) is 0 Å². The van der Waals surface area contributed by atoms with Crippen LogP contribution in [0.25, 0.3) is 0 Å². The summed E-state index contributed by atoms with van der Waals surface area (Å²) >= 11 is 3.36. The summed E-state index contributed by atoms with van der Waals surface area (Å²) in [6.45, 7) is 1.25. The van der Waals surface area contributed by atoms with E-state index in [1.165, 1.54) is 18.3 Å². The van der Waals surface area contributed by atoms with Crippen molar-refractivity contribution in [2.24, 2.45) is 0 Å². The Morgan fingerprint density at radius 1 is 1.33 bits per heavy atom. The van der Waals surface area contributed by atoms with E-state index in [0.29, 0.717) is 42.1 Å². The molecule has 1 fully saturated rings. The summed E-state index contributed by atoms with van der Waals surface area (Å²) in [5.41, 5.74) is 6.16. The second kappa shape index (κ2) is 9.70. The molecule has 2 heterocycles. The highest BCUT2D eigenvalue weighted by atomic mass is 79.9. The molecular formula is C19H21BrFN5O4. The van der Waals surface area contributed by atoms with Gasteiger partial charge in [-0.1, -0.05) is 0 Å². The molecule has 0 saturated carbocycles. The lowest BCUT2D eigenvalue weighted by Gasteiger charge is -2.32. The average molecular weight is 482 g/mol. The van der Waals surface area contributed by atoms with Crippen LogP contribution in [0.1, 0.15) is 25.7 Å². The third-order valence-corrected chi connectivity index (χ3v) is 5.21. The van der Waals surface area contributed by atoms with Gasteiger partial charge in [0.25, 0.3) is 0 Å². The van der Waals surface area contributed by atoms with E-state index in [1.807, 2.05) is 4.90 Å². The first-order valence-corrected chi connectivity index (χ1v) is 10.1. The number of piperidine rings is 1. The number of amides is 1. The number of nitrogens with two attached hydrogens (primary N) is 1. The summed E-state index contributed by atoms with van der Waals surface area (Å²) < 4.78 is 20.0. The molecule has 0 unspecified atom stereocenters. The van der Waals surface area contributed by atoms with Gasteiger partial charge >= 0.3 is 5.97 Å². The monoisotopic (exact) mass is 481 g/mol. The number of aromatic nitrogens is 2. The standard InChI is InChI=1S/C19H21BrFN5O4/c20-13-2-1-11(21)9-15(13)30-12-5-7-26(8-6-12)19-23-10-14(18(22)25-19)24-16(27)3-4-17(28)29/h1-2,9-10,12H,3-8H2,(H,24,27)(H,28,29)(H2,22,23,25). The number of ether oxygens (including phenoxy) is 1. The van der Waals surface area contributed by atoms with E-state index in [2.05, 4.69) is 31.2 Å². The molecule has 9 nitrogen and oxygen atoms in total. The lowest BCUT2D eigenvalue weighted by atomic mass is 10.1. The zero-order chi connectivity index (χ0) is 21.7. The van der Waals surface area contributed by atoms with Crippen molar-refractivity contribution in [2.75, 3.05) is 29.0 Å². The van der Waals surface area contributed by atoms with Gasteiger partial charge in [-0.05, 0) is 28.1 Å². The van der Waals surface area contributed by atoms with Crippen LogP contribution < -0.4 is 20.7 Å². The molecule has 160 valence electrons. The van der Waals surface area contributed by atoms with Crippen LogP contribution in [-0.2, 0) is 9.59 Å². The quantitative estimate of drug-likeness (QED) is 0.549. The summed E-state index contributed by atoms with van der Waals surface area (Å²) in [5.74, 6) is -0.877. The molecule has 2 aromatic rings. The lowest BCUT2D eigenvalue weighted by Crippen LogP contribution is -2.39. The van der Waals surface area contributed by atoms with Crippen LogP contribution in [0, 0.1) is 5.82 Å². The minimum atomic E-state index is -1.05.